The van der Waals surface area contributed by atoms with Crippen LogP contribution in [0.25, 0.3) is 0 Å². The minimum Gasteiger partial charge on any atom is -0.342 e. The van der Waals surface area contributed by atoms with Crippen LogP contribution in [0.15, 0.2) is 47.8 Å². The van der Waals surface area contributed by atoms with Gasteiger partial charge in [0.2, 0.25) is 5.91 Å². The number of carbonyl (C=O) groups is 3. The van der Waals surface area contributed by atoms with Gasteiger partial charge in [-0.2, -0.15) is 0 Å². The summed E-state index contributed by atoms with van der Waals surface area (Å²) in [5.74, 6) is -0.228. The molecule has 0 radical (unpaired) electrons. The maximum Gasteiger partial charge on any atom is 0.275 e. The molecule has 0 spiro atoms. The number of halogens is 2. The monoisotopic (exact) mass is 515 g/mol. The van der Waals surface area contributed by atoms with Crippen molar-refractivity contribution in [1.82, 2.24) is 9.88 Å². The van der Waals surface area contributed by atoms with Crippen LogP contribution in [0.2, 0.25) is 10.0 Å². The summed E-state index contributed by atoms with van der Waals surface area (Å²) in [5.41, 5.74) is 1.98. The van der Waals surface area contributed by atoms with E-state index in [4.69, 9.17) is 23.2 Å². The first-order valence-corrected chi connectivity index (χ1v) is 12.5. The van der Waals surface area contributed by atoms with Gasteiger partial charge in [0.1, 0.15) is 5.69 Å². The van der Waals surface area contributed by atoms with E-state index in [9.17, 15) is 14.4 Å². The molecular weight excluding hydrogens is 493 g/mol. The number of rotatable bonds is 6. The molecule has 0 unspecified atom stereocenters. The third kappa shape index (κ3) is 5.66. The molecule has 1 N–H and O–H groups in total. The predicted octanol–water partition coefficient (Wildman–Crippen LogP) is 5.85. The van der Waals surface area contributed by atoms with Crippen LogP contribution in [0.5, 0.6) is 0 Å². The number of hydrogen-bond acceptors (Lipinski definition) is 5. The SMILES string of the molecule is CC(=O)c1ccc(Cl)c(NC(=O)c2csc(C3CCN(C(=O)Cc4ccccc4Cl)CC3)n2)c1. The Hall–Kier alpha value is -2.74. The largest absolute Gasteiger partial charge is 0.342 e. The molecule has 3 aromatic rings. The Kier molecular flexibility index (Phi) is 7.66. The van der Waals surface area contributed by atoms with Crippen LogP contribution in [-0.4, -0.2) is 40.6 Å². The van der Waals surface area contributed by atoms with Crippen molar-refractivity contribution in [1.29, 1.82) is 0 Å². The van der Waals surface area contributed by atoms with E-state index < -0.39 is 0 Å². The van der Waals surface area contributed by atoms with Crippen molar-refractivity contribution in [2.75, 3.05) is 18.4 Å². The average molecular weight is 516 g/mol. The topological polar surface area (TPSA) is 79.4 Å². The zero-order valence-electron chi connectivity index (χ0n) is 18.5. The number of benzene rings is 2. The van der Waals surface area contributed by atoms with Crippen molar-refractivity contribution >= 4 is 57.8 Å². The van der Waals surface area contributed by atoms with Gasteiger partial charge in [-0.3, -0.25) is 14.4 Å². The Bertz CT molecular complexity index is 1240. The predicted molar refractivity (Wildman–Crippen MR) is 135 cm³/mol. The van der Waals surface area contributed by atoms with Gasteiger partial charge in [0.25, 0.3) is 5.91 Å². The van der Waals surface area contributed by atoms with Crippen molar-refractivity contribution in [3.8, 4) is 0 Å². The van der Waals surface area contributed by atoms with E-state index >= 15 is 0 Å². The van der Waals surface area contributed by atoms with Crippen LogP contribution < -0.4 is 5.32 Å². The van der Waals surface area contributed by atoms with Crippen LogP contribution in [0, 0.1) is 0 Å². The molecule has 6 nitrogen and oxygen atoms in total. The van der Waals surface area contributed by atoms with E-state index in [1.807, 2.05) is 23.1 Å². The van der Waals surface area contributed by atoms with Gasteiger partial charge in [0.05, 0.1) is 22.1 Å². The maximum absolute atomic E-state index is 12.7. The number of carbonyl (C=O) groups excluding carboxylic acids is 3. The van der Waals surface area contributed by atoms with E-state index in [1.165, 1.54) is 18.3 Å². The molecule has 0 atom stereocenters. The van der Waals surface area contributed by atoms with Crippen LogP contribution in [0.3, 0.4) is 0 Å². The zero-order valence-corrected chi connectivity index (χ0v) is 20.8. The summed E-state index contributed by atoms with van der Waals surface area (Å²) in [7, 11) is 0. The summed E-state index contributed by atoms with van der Waals surface area (Å²) in [5, 5.41) is 6.31. The summed E-state index contributed by atoms with van der Waals surface area (Å²) in [6.07, 6.45) is 1.87. The highest BCUT2D eigenvalue weighted by molar-refractivity contribution is 7.10. The number of ketones is 1. The minimum atomic E-state index is -0.377. The lowest BCUT2D eigenvalue weighted by Crippen LogP contribution is -2.38. The van der Waals surface area contributed by atoms with Crippen LogP contribution in [-0.2, 0) is 11.2 Å². The van der Waals surface area contributed by atoms with Gasteiger partial charge in [-0.05, 0) is 49.6 Å². The highest BCUT2D eigenvalue weighted by Gasteiger charge is 2.27. The summed E-state index contributed by atoms with van der Waals surface area (Å²) in [4.78, 5) is 43.4. The third-order valence-corrected chi connectivity index (χ3v) is 7.58. The van der Waals surface area contributed by atoms with E-state index in [0.717, 1.165) is 23.4 Å². The zero-order chi connectivity index (χ0) is 24.2. The Morgan fingerprint density at radius 1 is 1.09 bits per heavy atom. The van der Waals surface area contributed by atoms with Crippen molar-refractivity contribution < 1.29 is 14.4 Å². The van der Waals surface area contributed by atoms with Crippen LogP contribution in [0.1, 0.15) is 57.1 Å². The molecule has 0 aliphatic carbocycles. The number of nitrogens with zero attached hydrogens (tertiary/aromatic N) is 2. The third-order valence-electron chi connectivity index (χ3n) is 5.87. The van der Waals surface area contributed by atoms with E-state index in [0.29, 0.717) is 46.5 Å². The van der Waals surface area contributed by atoms with Crippen molar-refractivity contribution in [3.63, 3.8) is 0 Å². The molecule has 1 saturated heterocycles. The van der Waals surface area contributed by atoms with Crippen molar-refractivity contribution in [2.24, 2.45) is 0 Å². The van der Waals surface area contributed by atoms with Crippen molar-refractivity contribution in [3.05, 3.63) is 79.7 Å². The second kappa shape index (κ2) is 10.7. The number of thiazole rings is 1. The Balaban J connectivity index is 1.35. The van der Waals surface area contributed by atoms with Crippen molar-refractivity contribution in [2.45, 2.75) is 32.1 Å². The summed E-state index contributed by atoms with van der Waals surface area (Å²) in [6.45, 7) is 2.74. The maximum atomic E-state index is 12.7. The lowest BCUT2D eigenvalue weighted by atomic mass is 9.97. The fourth-order valence-corrected chi connectivity index (χ4v) is 5.24. The van der Waals surface area contributed by atoms with E-state index in [1.54, 1.807) is 29.6 Å². The summed E-state index contributed by atoms with van der Waals surface area (Å²) >= 11 is 13.8. The molecule has 2 aromatic carbocycles. The molecule has 176 valence electrons. The second-order valence-electron chi connectivity index (χ2n) is 8.20. The molecule has 34 heavy (non-hydrogen) atoms. The highest BCUT2D eigenvalue weighted by atomic mass is 35.5. The lowest BCUT2D eigenvalue weighted by Gasteiger charge is -2.31. The molecule has 1 aromatic heterocycles. The van der Waals surface area contributed by atoms with Gasteiger partial charge in [-0.25, -0.2) is 4.98 Å². The Morgan fingerprint density at radius 2 is 1.82 bits per heavy atom. The average Bonchev–Trinajstić information content (AvgIpc) is 3.32. The molecule has 9 heteroatoms. The molecule has 2 amide bonds. The lowest BCUT2D eigenvalue weighted by molar-refractivity contribution is -0.131. The first-order valence-electron chi connectivity index (χ1n) is 10.9. The summed E-state index contributed by atoms with van der Waals surface area (Å²) in [6, 6.07) is 12.2. The van der Waals surface area contributed by atoms with E-state index in [-0.39, 0.29) is 23.5 Å². The Labute approximate surface area is 211 Å². The number of Topliss-reactive ketones (excluding diaryl/α,β-unsaturated/α-hetero) is 1. The Morgan fingerprint density at radius 3 is 2.53 bits per heavy atom. The fraction of sp³-hybridized carbons (Fsp3) is 0.280. The fourth-order valence-electron chi connectivity index (χ4n) is 3.90. The van der Waals surface area contributed by atoms with E-state index in [2.05, 4.69) is 10.3 Å². The number of likely N-dealkylation sites (tertiary alicyclic amines) is 1. The number of aromatic nitrogens is 1. The highest BCUT2D eigenvalue weighted by Crippen LogP contribution is 2.31. The first kappa shape index (κ1) is 24.4. The molecule has 1 fully saturated rings. The quantitative estimate of drug-likeness (QED) is 0.417. The van der Waals surface area contributed by atoms with Gasteiger partial charge in [-0.1, -0.05) is 41.4 Å². The molecule has 4 rings (SSSR count). The number of nitrogens with one attached hydrogen (secondary N) is 1. The van der Waals surface area contributed by atoms with Gasteiger partial charge < -0.3 is 10.2 Å². The van der Waals surface area contributed by atoms with Gasteiger partial charge in [-0.15, -0.1) is 11.3 Å². The van der Waals surface area contributed by atoms with Crippen LogP contribution in [0.4, 0.5) is 5.69 Å². The molecule has 2 heterocycles. The first-order chi connectivity index (χ1) is 16.3. The second-order valence-corrected chi connectivity index (χ2v) is 9.90. The van der Waals surface area contributed by atoms with Gasteiger partial charge in [0, 0.05) is 35.0 Å². The number of amides is 2. The molecular formula is C25H23Cl2N3O3S. The van der Waals surface area contributed by atoms with Gasteiger partial charge >= 0.3 is 0 Å². The normalized spacial score (nSPS) is 14.1. The molecule has 1 aliphatic rings. The number of piperidine rings is 1. The smallest absolute Gasteiger partial charge is 0.275 e. The molecule has 0 bridgehead atoms. The standard InChI is InChI=1S/C25H23Cl2N3O3S/c1-15(31)17-6-7-20(27)21(12-17)28-24(33)22-14-34-25(29-22)16-8-10-30(11-9-16)23(32)13-18-4-2-3-5-19(18)26/h2-7,12,14,16H,8-11,13H2,1H3,(H,28,33). The minimum absolute atomic E-state index is 0.0652. The number of hydrogen-bond donors (Lipinski definition) is 1. The number of anilines is 1. The van der Waals surface area contributed by atoms with Crippen LogP contribution >= 0.6 is 34.5 Å². The van der Waals surface area contributed by atoms with Gasteiger partial charge in [0.15, 0.2) is 5.78 Å². The summed E-state index contributed by atoms with van der Waals surface area (Å²) < 4.78 is 0. The molecule has 0 saturated carbocycles. The molecule has 1 aliphatic heterocycles.